The van der Waals surface area contributed by atoms with Gasteiger partial charge in [0, 0.05) is 17.8 Å². The summed E-state index contributed by atoms with van der Waals surface area (Å²) in [5.41, 5.74) is 2.70. The number of amides is 1. The lowest BCUT2D eigenvalue weighted by Gasteiger charge is -2.22. The molecule has 22 heavy (non-hydrogen) atoms. The van der Waals surface area contributed by atoms with Crippen LogP contribution in [0.1, 0.15) is 28.2 Å². The molecule has 0 aliphatic heterocycles. The smallest absolute Gasteiger partial charge is 0.269 e. The maximum absolute atomic E-state index is 12.3. The minimum Gasteiger partial charge on any atom is -0.348 e. The number of aromatic amines is 2. The van der Waals surface area contributed by atoms with E-state index in [1.54, 1.807) is 6.07 Å². The van der Waals surface area contributed by atoms with Gasteiger partial charge in [0.2, 0.25) is 0 Å². The quantitative estimate of drug-likeness (QED) is 0.592. The van der Waals surface area contributed by atoms with E-state index in [4.69, 9.17) is 0 Å². The van der Waals surface area contributed by atoms with Crippen LogP contribution in [0.5, 0.6) is 0 Å². The molecule has 0 saturated carbocycles. The summed E-state index contributed by atoms with van der Waals surface area (Å²) in [7, 11) is 0. The number of rotatable bonds is 3. The van der Waals surface area contributed by atoms with Crippen LogP contribution in [0.25, 0.3) is 5.82 Å². The Morgan fingerprint density at radius 1 is 1.41 bits per heavy atom. The average Bonchev–Trinajstić information content (AvgIpc) is 3.26. The molecule has 0 saturated heterocycles. The van der Waals surface area contributed by atoms with Crippen LogP contribution in [-0.2, 0) is 12.8 Å². The minimum atomic E-state index is -0.191. The number of tetrazole rings is 1. The summed E-state index contributed by atoms with van der Waals surface area (Å²) in [6.45, 7) is 0. The van der Waals surface area contributed by atoms with Crippen molar-refractivity contribution < 1.29 is 4.79 Å². The first-order valence-corrected chi connectivity index (χ1v) is 6.90. The molecular weight excluding hydrogens is 286 g/mol. The molecule has 0 aromatic carbocycles. The third kappa shape index (κ3) is 2.24. The largest absolute Gasteiger partial charge is 0.348 e. The molecule has 0 fully saturated rings. The molecule has 3 aromatic rings. The summed E-state index contributed by atoms with van der Waals surface area (Å²) in [6, 6.07) is 1.70. The van der Waals surface area contributed by atoms with Crippen molar-refractivity contribution in [1.82, 2.24) is 45.9 Å². The zero-order chi connectivity index (χ0) is 14.9. The fraction of sp³-hybridized carbons (Fsp3) is 0.333. The van der Waals surface area contributed by atoms with Crippen LogP contribution in [0.2, 0.25) is 0 Å². The molecule has 0 bridgehead atoms. The van der Waals surface area contributed by atoms with E-state index in [9.17, 15) is 4.79 Å². The van der Waals surface area contributed by atoms with Crippen molar-refractivity contribution in [2.24, 2.45) is 0 Å². The van der Waals surface area contributed by atoms with Gasteiger partial charge >= 0.3 is 0 Å². The minimum absolute atomic E-state index is 0.0948. The summed E-state index contributed by atoms with van der Waals surface area (Å²) in [5, 5.41) is 27.5. The second kappa shape index (κ2) is 5.06. The van der Waals surface area contributed by atoms with E-state index in [1.165, 1.54) is 11.0 Å². The molecule has 3 heterocycles. The third-order valence-corrected chi connectivity index (χ3v) is 3.74. The van der Waals surface area contributed by atoms with Gasteiger partial charge in [-0.25, -0.2) is 0 Å². The van der Waals surface area contributed by atoms with E-state index < -0.39 is 0 Å². The summed E-state index contributed by atoms with van der Waals surface area (Å²) in [5.74, 6) is 0.277. The lowest BCUT2D eigenvalue weighted by Crippen LogP contribution is -2.38. The lowest BCUT2D eigenvalue weighted by molar-refractivity contribution is 0.0928. The number of carbonyl (C=O) groups excluding carboxylic acids is 1. The second-order valence-electron chi connectivity index (χ2n) is 5.18. The number of carbonyl (C=O) groups is 1. The number of hydrogen-bond acceptors (Lipinski definition) is 6. The molecule has 4 rings (SSSR count). The molecule has 10 heteroatoms. The van der Waals surface area contributed by atoms with Crippen molar-refractivity contribution in [2.75, 3.05) is 0 Å². The molecule has 1 aliphatic rings. The maximum Gasteiger partial charge on any atom is 0.269 e. The highest BCUT2D eigenvalue weighted by Crippen LogP contribution is 2.19. The summed E-state index contributed by atoms with van der Waals surface area (Å²) >= 11 is 0. The summed E-state index contributed by atoms with van der Waals surface area (Å²) in [6.07, 6.45) is 5.79. The fourth-order valence-electron chi connectivity index (χ4n) is 2.61. The SMILES string of the molecule is O=C(NC1CCc2[nH]ncc2C1)c1cc(-n2cnnn2)n[nH]1. The number of aromatic nitrogens is 8. The third-order valence-electron chi connectivity index (χ3n) is 3.74. The first-order valence-electron chi connectivity index (χ1n) is 6.90. The molecule has 3 aromatic heterocycles. The normalized spacial score (nSPS) is 17.2. The van der Waals surface area contributed by atoms with Crippen molar-refractivity contribution in [3.05, 3.63) is 35.5 Å². The topological polar surface area (TPSA) is 130 Å². The molecule has 3 N–H and O–H groups in total. The number of nitrogens with zero attached hydrogens (tertiary/aromatic N) is 6. The van der Waals surface area contributed by atoms with Gasteiger partial charge in [0.1, 0.15) is 12.0 Å². The Bertz CT molecular complexity index is 787. The van der Waals surface area contributed by atoms with Crippen molar-refractivity contribution in [3.8, 4) is 5.82 Å². The second-order valence-corrected chi connectivity index (χ2v) is 5.18. The van der Waals surface area contributed by atoms with E-state index in [0.29, 0.717) is 11.5 Å². The van der Waals surface area contributed by atoms with E-state index in [-0.39, 0.29) is 11.9 Å². The highest BCUT2D eigenvalue weighted by Gasteiger charge is 2.22. The highest BCUT2D eigenvalue weighted by molar-refractivity contribution is 5.92. The van der Waals surface area contributed by atoms with Crippen LogP contribution in [0.3, 0.4) is 0 Å². The molecular formula is C12H13N9O. The van der Waals surface area contributed by atoms with Gasteiger partial charge < -0.3 is 5.32 Å². The van der Waals surface area contributed by atoms with Crippen molar-refractivity contribution in [3.63, 3.8) is 0 Å². The van der Waals surface area contributed by atoms with Gasteiger partial charge in [-0.1, -0.05) is 0 Å². The summed E-state index contributed by atoms with van der Waals surface area (Å²) in [4.78, 5) is 12.3. The zero-order valence-corrected chi connectivity index (χ0v) is 11.5. The molecule has 1 aliphatic carbocycles. The Balaban J connectivity index is 1.45. The lowest BCUT2D eigenvalue weighted by atomic mass is 9.93. The fourth-order valence-corrected chi connectivity index (χ4v) is 2.61. The predicted octanol–water partition coefficient (Wildman–Crippen LogP) is -0.604. The Kier molecular flexibility index (Phi) is 2.92. The van der Waals surface area contributed by atoms with Crippen LogP contribution in [0, 0.1) is 0 Å². The first kappa shape index (κ1) is 12.7. The average molecular weight is 299 g/mol. The van der Waals surface area contributed by atoms with Gasteiger partial charge in [0.05, 0.1) is 6.20 Å². The van der Waals surface area contributed by atoms with Crippen LogP contribution in [-0.4, -0.2) is 52.6 Å². The Labute approximate surface area is 124 Å². The number of hydrogen-bond donors (Lipinski definition) is 3. The number of fused-ring (bicyclic) bond motifs is 1. The van der Waals surface area contributed by atoms with Gasteiger partial charge in [-0.05, 0) is 35.3 Å². The van der Waals surface area contributed by atoms with Gasteiger partial charge in [-0.15, -0.1) is 5.10 Å². The Morgan fingerprint density at radius 2 is 2.36 bits per heavy atom. The van der Waals surface area contributed by atoms with Gasteiger partial charge in [-0.3, -0.25) is 15.0 Å². The molecule has 0 spiro atoms. The Morgan fingerprint density at radius 3 is 3.23 bits per heavy atom. The van der Waals surface area contributed by atoms with Crippen LogP contribution >= 0.6 is 0 Å². The van der Waals surface area contributed by atoms with E-state index in [0.717, 1.165) is 30.5 Å². The standard InChI is InChI=1S/C12H13N9O/c22-12(10-4-11(18-17-10)21-6-14-19-20-21)15-8-1-2-9-7(3-8)5-13-16-9/h4-6,8H,1-3H2,(H,13,16)(H,15,22)(H,17,18). The predicted molar refractivity (Wildman–Crippen MR) is 73.2 cm³/mol. The van der Waals surface area contributed by atoms with E-state index in [2.05, 4.69) is 41.2 Å². The molecule has 1 amide bonds. The van der Waals surface area contributed by atoms with Crippen LogP contribution < -0.4 is 5.32 Å². The maximum atomic E-state index is 12.3. The van der Waals surface area contributed by atoms with Gasteiger partial charge in [0.25, 0.3) is 5.91 Å². The van der Waals surface area contributed by atoms with Crippen LogP contribution in [0.15, 0.2) is 18.6 Å². The van der Waals surface area contributed by atoms with E-state index in [1.807, 2.05) is 6.20 Å². The number of H-pyrrole nitrogens is 2. The Hall–Kier alpha value is -3.04. The van der Waals surface area contributed by atoms with Crippen molar-refractivity contribution >= 4 is 5.91 Å². The van der Waals surface area contributed by atoms with Gasteiger partial charge in [0.15, 0.2) is 5.82 Å². The zero-order valence-electron chi connectivity index (χ0n) is 11.5. The highest BCUT2D eigenvalue weighted by atomic mass is 16.2. The number of nitrogens with one attached hydrogen (secondary N) is 3. The van der Waals surface area contributed by atoms with Crippen LogP contribution in [0.4, 0.5) is 0 Å². The number of aryl methyl sites for hydroxylation is 1. The summed E-state index contributed by atoms with van der Waals surface area (Å²) < 4.78 is 1.38. The van der Waals surface area contributed by atoms with E-state index >= 15 is 0 Å². The molecule has 1 atom stereocenters. The molecule has 1 unspecified atom stereocenters. The first-order chi connectivity index (χ1) is 10.8. The van der Waals surface area contributed by atoms with Gasteiger partial charge in [-0.2, -0.15) is 14.9 Å². The molecule has 0 radical (unpaired) electrons. The van der Waals surface area contributed by atoms with Crippen molar-refractivity contribution in [2.45, 2.75) is 25.3 Å². The molecule has 10 nitrogen and oxygen atoms in total. The van der Waals surface area contributed by atoms with Crippen molar-refractivity contribution in [1.29, 1.82) is 0 Å². The monoisotopic (exact) mass is 299 g/mol. The molecule has 112 valence electrons.